The number of carboxylic acids is 1. The van der Waals surface area contributed by atoms with Gasteiger partial charge in [-0.15, -0.1) is 0 Å². The van der Waals surface area contributed by atoms with Crippen LogP contribution in [0.4, 0.5) is 14.9 Å². The summed E-state index contributed by atoms with van der Waals surface area (Å²) in [6, 6.07) is 3.37. The quantitative estimate of drug-likeness (QED) is 0.842. The molecule has 0 fully saturated rings. The van der Waals surface area contributed by atoms with Gasteiger partial charge in [-0.3, -0.25) is 0 Å². The van der Waals surface area contributed by atoms with Crippen LogP contribution in [0.2, 0.25) is 0 Å². The summed E-state index contributed by atoms with van der Waals surface area (Å²) < 4.78 is 13.5. The number of carbonyl (C=O) groups is 2. The van der Waals surface area contributed by atoms with Crippen molar-refractivity contribution in [3.8, 4) is 0 Å². The molecule has 6 heteroatoms. The van der Waals surface area contributed by atoms with Crippen LogP contribution in [-0.2, 0) is 0 Å². The van der Waals surface area contributed by atoms with E-state index in [4.69, 9.17) is 5.11 Å². The highest BCUT2D eigenvalue weighted by Gasteiger charge is 2.19. The number of anilines is 1. The van der Waals surface area contributed by atoms with Crippen LogP contribution in [0.3, 0.4) is 0 Å². The molecule has 0 bridgehead atoms. The summed E-state index contributed by atoms with van der Waals surface area (Å²) in [5.41, 5.74) is -0.548. The molecule has 2 N–H and O–H groups in total. The third-order valence-corrected chi connectivity index (χ3v) is 2.74. The zero-order chi connectivity index (χ0) is 15.1. The summed E-state index contributed by atoms with van der Waals surface area (Å²) in [6.07, 6.45) is 1.59. The van der Waals surface area contributed by atoms with Gasteiger partial charge in [-0.05, 0) is 25.0 Å². The van der Waals surface area contributed by atoms with Crippen molar-refractivity contribution in [1.29, 1.82) is 0 Å². The number of carbonyl (C=O) groups excluding carboxylic acids is 1. The van der Waals surface area contributed by atoms with E-state index in [0.717, 1.165) is 18.9 Å². The predicted molar refractivity (Wildman–Crippen MR) is 74.5 cm³/mol. The lowest BCUT2D eigenvalue weighted by atomic mass is 10.1. The number of nitrogens with zero attached hydrogens (tertiary/aromatic N) is 1. The highest BCUT2D eigenvalue weighted by molar-refractivity contribution is 6.00. The molecular formula is C14H19FN2O3. The van der Waals surface area contributed by atoms with Gasteiger partial charge in [-0.2, -0.15) is 0 Å². The average Bonchev–Trinajstić information content (AvgIpc) is 2.38. The second kappa shape index (κ2) is 7.47. The number of benzene rings is 1. The molecule has 5 nitrogen and oxygen atoms in total. The maximum Gasteiger partial charge on any atom is 0.340 e. The van der Waals surface area contributed by atoms with Crippen LogP contribution in [-0.4, -0.2) is 35.1 Å². The summed E-state index contributed by atoms with van der Waals surface area (Å²) in [5, 5.41) is 11.5. The Kier molecular flexibility index (Phi) is 5.96. The standard InChI is InChI=1S/C14H19FN2O3/c1-3-8-17(9-4-2)14(20)16-11-7-5-6-10(15)12(11)13(18)19/h5-7H,3-4,8-9H2,1-2H3,(H,16,20)(H,18,19). The summed E-state index contributed by atoms with van der Waals surface area (Å²) in [7, 11) is 0. The molecule has 0 aliphatic heterocycles. The van der Waals surface area contributed by atoms with Crippen LogP contribution < -0.4 is 5.32 Å². The van der Waals surface area contributed by atoms with Crippen molar-refractivity contribution in [2.75, 3.05) is 18.4 Å². The van der Waals surface area contributed by atoms with Crippen molar-refractivity contribution in [3.05, 3.63) is 29.6 Å². The molecule has 0 radical (unpaired) electrons. The Hall–Kier alpha value is -2.11. The largest absolute Gasteiger partial charge is 0.478 e. The van der Waals surface area contributed by atoms with Crippen molar-refractivity contribution in [2.45, 2.75) is 26.7 Å². The molecule has 110 valence electrons. The third-order valence-electron chi connectivity index (χ3n) is 2.74. The SMILES string of the molecule is CCCN(CCC)C(=O)Nc1cccc(F)c1C(=O)O. The molecule has 0 aromatic heterocycles. The first-order valence-electron chi connectivity index (χ1n) is 6.59. The van der Waals surface area contributed by atoms with E-state index >= 15 is 0 Å². The van der Waals surface area contributed by atoms with E-state index < -0.39 is 23.4 Å². The van der Waals surface area contributed by atoms with Crippen LogP contribution >= 0.6 is 0 Å². The van der Waals surface area contributed by atoms with E-state index in [1.807, 2.05) is 13.8 Å². The van der Waals surface area contributed by atoms with Crippen LogP contribution in [0.1, 0.15) is 37.0 Å². The summed E-state index contributed by atoms with van der Waals surface area (Å²) in [6.45, 7) is 5.02. The number of urea groups is 1. The Labute approximate surface area is 117 Å². The molecule has 0 spiro atoms. The Morgan fingerprint density at radius 2 is 1.85 bits per heavy atom. The lowest BCUT2D eigenvalue weighted by Gasteiger charge is -2.22. The summed E-state index contributed by atoms with van der Waals surface area (Å²) >= 11 is 0. The molecule has 1 rings (SSSR count). The Bertz CT molecular complexity index is 485. The van der Waals surface area contributed by atoms with Crippen LogP contribution in [0, 0.1) is 5.82 Å². The summed E-state index contributed by atoms with van der Waals surface area (Å²) in [4.78, 5) is 24.7. The van der Waals surface area contributed by atoms with Gasteiger partial charge in [0.15, 0.2) is 0 Å². The molecule has 1 aromatic rings. The number of halogens is 1. The fourth-order valence-electron chi connectivity index (χ4n) is 1.89. The number of hydrogen-bond acceptors (Lipinski definition) is 2. The van der Waals surface area contributed by atoms with Crippen molar-refractivity contribution in [2.24, 2.45) is 0 Å². The lowest BCUT2D eigenvalue weighted by molar-refractivity contribution is 0.0693. The van der Waals surface area contributed by atoms with E-state index in [1.165, 1.54) is 12.1 Å². The Morgan fingerprint density at radius 1 is 1.25 bits per heavy atom. The van der Waals surface area contributed by atoms with E-state index in [2.05, 4.69) is 5.32 Å². The van der Waals surface area contributed by atoms with Crippen molar-refractivity contribution < 1.29 is 19.1 Å². The Morgan fingerprint density at radius 3 is 2.35 bits per heavy atom. The number of nitrogens with one attached hydrogen (secondary N) is 1. The molecule has 0 unspecified atom stereocenters. The van der Waals surface area contributed by atoms with Crippen LogP contribution in [0.15, 0.2) is 18.2 Å². The highest BCUT2D eigenvalue weighted by atomic mass is 19.1. The number of rotatable bonds is 6. The normalized spacial score (nSPS) is 10.2. The molecule has 0 aliphatic carbocycles. The van der Waals surface area contributed by atoms with Gasteiger partial charge in [0.25, 0.3) is 0 Å². The average molecular weight is 282 g/mol. The Balaban J connectivity index is 2.94. The molecule has 0 saturated heterocycles. The van der Waals surface area contributed by atoms with Gasteiger partial charge in [0.1, 0.15) is 11.4 Å². The van der Waals surface area contributed by atoms with E-state index in [-0.39, 0.29) is 5.69 Å². The lowest BCUT2D eigenvalue weighted by Crippen LogP contribution is -2.36. The van der Waals surface area contributed by atoms with Gasteiger partial charge in [-0.25, -0.2) is 14.0 Å². The highest BCUT2D eigenvalue weighted by Crippen LogP contribution is 2.19. The number of carboxylic acid groups (broad SMARTS) is 1. The van der Waals surface area contributed by atoms with Crippen LogP contribution in [0.5, 0.6) is 0 Å². The summed E-state index contributed by atoms with van der Waals surface area (Å²) in [5.74, 6) is -2.27. The van der Waals surface area contributed by atoms with Gasteiger partial charge in [0.05, 0.1) is 5.69 Å². The fourth-order valence-corrected chi connectivity index (χ4v) is 1.89. The minimum absolute atomic E-state index is 0.0280. The van der Waals surface area contributed by atoms with E-state index in [9.17, 15) is 14.0 Å². The zero-order valence-electron chi connectivity index (χ0n) is 11.6. The number of amides is 2. The van der Waals surface area contributed by atoms with Gasteiger partial charge in [0.2, 0.25) is 0 Å². The molecule has 0 saturated carbocycles. The molecule has 0 atom stereocenters. The fraction of sp³-hybridized carbons (Fsp3) is 0.429. The first-order chi connectivity index (χ1) is 9.51. The maximum absolute atomic E-state index is 13.5. The molecular weight excluding hydrogens is 263 g/mol. The first kappa shape index (κ1) is 15.9. The topological polar surface area (TPSA) is 69.6 Å². The minimum Gasteiger partial charge on any atom is -0.478 e. The second-order valence-electron chi connectivity index (χ2n) is 4.38. The second-order valence-corrected chi connectivity index (χ2v) is 4.38. The van der Waals surface area contributed by atoms with Crippen molar-refractivity contribution in [3.63, 3.8) is 0 Å². The van der Waals surface area contributed by atoms with Gasteiger partial charge >= 0.3 is 12.0 Å². The third kappa shape index (κ3) is 3.94. The van der Waals surface area contributed by atoms with Crippen molar-refractivity contribution in [1.82, 2.24) is 4.90 Å². The zero-order valence-corrected chi connectivity index (χ0v) is 11.6. The molecule has 1 aromatic carbocycles. The molecule has 0 aliphatic rings. The van der Waals surface area contributed by atoms with Crippen LogP contribution in [0.25, 0.3) is 0 Å². The maximum atomic E-state index is 13.5. The molecule has 20 heavy (non-hydrogen) atoms. The number of hydrogen-bond donors (Lipinski definition) is 2. The van der Waals surface area contributed by atoms with Gasteiger partial charge in [-0.1, -0.05) is 19.9 Å². The van der Waals surface area contributed by atoms with Crippen molar-refractivity contribution >= 4 is 17.7 Å². The molecule has 2 amide bonds. The predicted octanol–water partition coefficient (Wildman–Crippen LogP) is 3.18. The number of aromatic carboxylic acids is 1. The van der Waals surface area contributed by atoms with Gasteiger partial charge < -0.3 is 15.3 Å². The first-order valence-corrected chi connectivity index (χ1v) is 6.59. The van der Waals surface area contributed by atoms with E-state index in [1.54, 1.807) is 4.90 Å². The van der Waals surface area contributed by atoms with E-state index in [0.29, 0.717) is 13.1 Å². The molecule has 0 heterocycles. The minimum atomic E-state index is -1.41. The van der Waals surface area contributed by atoms with Gasteiger partial charge in [0, 0.05) is 13.1 Å². The smallest absolute Gasteiger partial charge is 0.340 e. The monoisotopic (exact) mass is 282 g/mol.